The Kier molecular flexibility index (Phi) is 5.84. The van der Waals surface area contributed by atoms with E-state index < -0.39 is 0 Å². The van der Waals surface area contributed by atoms with Gasteiger partial charge in [0.2, 0.25) is 0 Å². The van der Waals surface area contributed by atoms with E-state index in [1.165, 1.54) is 10.9 Å². The van der Waals surface area contributed by atoms with E-state index >= 15 is 0 Å². The Hall–Kier alpha value is -1.54. The van der Waals surface area contributed by atoms with Crippen molar-refractivity contribution in [1.29, 1.82) is 0 Å². The predicted octanol–water partition coefficient (Wildman–Crippen LogP) is 2.86. The average Bonchev–Trinajstić information content (AvgIpc) is 2.80. The number of benzene rings is 1. The van der Waals surface area contributed by atoms with E-state index in [-0.39, 0.29) is 27.9 Å². The number of halogens is 3. The number of carbonyl (C=O) groups is 1. The second-order valence-corrected chi connectivity index (χ2v) is 5.59. The molecule has 3 N–H and O–H groups in total. The molecule has 22 heavy (non-hydrogen) atoms. The van der Waals surface area contributed by atoms with Crippen LogP contribution in [0.3, 0.4) is 0 Å². The molecule has 0 radical (unpaired) electrons. The summed E-state index contributed by atoms with van der Waals surface area (Å²) < 4.78 is 1.39. The number of hydrazine groups is 1. The number of nitrogens with zero attached hydrogens (tertiary/aromatic N) is 2. The summed E-state index contributed by atoms with van der Waals surface area (Å²) in [7, 11) is 0. The zero-order valence-corrected chi connectivity index (χ0v) is 14.0. The van der Waals surface area contributed by atoms with Gasteiger partial charge >= 0.3 is 0 Å². The third-order valence-electron chi connectivity index (χ3n) is 2.48. The van der Waals surface area contributed by atoms with Crippen LogP contribution in [0.1, 0.15) is 0 Å². The van der Waals surface area contributed by atoms with Crippen molar-refractivity contribution in [1.82, 2.24) is 20.4 Å². The summed E-state index contributed by atoms with van der Waals surface area (Å²) in [6.07, 6.45) is 1.37. The number of nitrogens with one attached hydrogen (secondary N) is 3. The molecule has 1 amide bonds. The van der Waals surface area contributed by atoms with Crippen molar-refractivity contribution in [2.45, 2.75) is 6.54 Å². The second-order valence-electron chi connectivity index (χ2n) is 4.06. The number of rotatable bonds is 3. The normalized spacial score (nSPS) is 10.1. The van der Waals surface area contributed by atoms with Gasteiger partial charge in [-0.3, -0.25) is 15.6 Å². The molecular weight excluding hydrogens is 369 g/mol. The zero-order valence-electron chi connectivity index (χ0n) is 10.9. The third-order valence-corrected chi connectivity index (χ3v) is 3.79. The van der Waals surface area contributed by atoms with Gasteiger partial charge in [-0.05, 0) is 24.4 Å². The highest BCUT2D eigenvalue weighted by atomic mass is 35.5. The summed E-state index contributed by atoms with van der Waals surface area (Å²) in [5.74, 6) is -0.376. The molecule has 0 fully saturated rings. The van der Waals surface area contributed by atoms with Crippen molar-refractivity contribution < 1.29 is 4.79 Å². The molecule has 116 valence electrons. The van der Waals surface area contributed by atoms with E-state index in [0.29, 0.717) is 10.7 Å². The van der Waals surface area contributed by atoms with Crippen molar-refractivity contribution in [3.63, 3.8) is 0 Å². The number of aromatic nitrogens is 2. The topological polar surface area (TPSA) is 71.0 Å². The number of amides is 1. The molecule has 2 aromatic rings. The van der Waals surface area contributed by atoms with E-state index in [4.69, 9.17) is 47.0 Å². The molecule has 10 heteroatoms. The monoisotopic (exact) mass is 377 g/mol. The summed E-state index contributed by atoms with van der Waals surface area (Å²) in [5.41, 5.74) is 5.60. The molecule has 0 aliphatic heterocycles. The maximum absolute atomic E-state index is 11.8. The van der Waals surface area contributed by atoms with Gasteiger partial charge in [-0.25, -0.2) is 4.98 Å². The van der Waals surface area contributed by atoms with Crippen LogP contribution in [0.15, 0.2) is 30.6 Å². The molecule has 6 nitrogen and oxygen atoms in total. The molecule has 0 aliphatic carbocycles. The molecule has 2 rings (SSSR count). The highest BCUT2D eigenvalue weighted by Gasteiger charge is 2.10. The van der Waals surface area contributed by atoms with E-state index in [0.717, 1.165) is 0 Å². The number of hydrogen-bond acceptors (Lipinski definition) is 3. The molecule has 1 heterocycles. The quantitative estimate of drug-likeness (QED) is 0.566. The minimum Gasteiger partial charge on any atom is -0.330 e. The van der Waals surface area contributed by atoms with Crippen molar-refractivity contribution in [3.05, 3.63) is 45.9 Å². The lowest BCUT2D eigenvalue weighted by Crippen LogP contribution is -2.45. The lowest BCUT2D eigenvalue weighted by atomic mass is 10.3. The molecule has 1 aromatic heterocycles. The smallest absolute Gasteiger partial charge is 0.258 e. The van der Waals surface area contributed by atoms with E-state index in [1.54, 1.807) is 24.3 Å². The first-order valence-electron chi connectivity index (χ1n) is 5.94. The Labute approximate surface area is 146 Å². The van der Waals surface area contributed by atoms with Gasteiger partial charge in [-0.1, -0.05) is 46.9 Å². The van der Waals surface area contributed by atoms with Crippen LogP contribution in [0.25, 0.3) is 0 Å². The molecule has 0 saturated carbocycles. The minimum absolute atomic E-state index is 0.0553. The molecule has 0 atom stereocenters. The molecule has 0 aliphatic rings. The fraction of sp³-hybridized carbons (Fsp3) is 0.0833. The van der Waals surface area contributed by atoms with Crippen LogP contribution in [0, 0.1) is 0 Å². The van der Waals surface area contributed by atoms with E-state index in [1.807, 2.05) is 0 Å². The predicted molar refractivity (Wildman–Crippen MR) is 91.2 cm³/mol. The summed E-state index contributed by atoms with van der Waals surface area (Å²) in [4.78, 5) is 15.5. The largest absolute Gasteiger partial charge is 0.330 e. The van der Waals surface area contributed by atoms with Crippen LogP contribution >= 0.6 is 47.0 Å². The number of para-hydroxylation sites is 1. The van der Waals surface area contributed by atoms with Gasteiger partial charge in [0, 0.05) is 0 Å². The summed E-state index contributed by atoms with van der Waals surface area (Å²) in [6.45, 7) is -0.0553. The second kappa shape index (κ2) is 7.64. The van der Waals surface area contributed by atoms with Gasteiger partial charge in [0.15, 0.2) is 10.3 Å². The fourth-order valence-electron chi connectivity index (χ4n) is 1.49. The highest BCUT2D eigenvalue weighted by molar-refractivity contribution is 7.80. The summed E-state index contributed by atoms with van der Waals surface area (Å²) >= 11 is 22.6. The van der Waals surface area contributed by atoms with Crippen LogP contribution in [-0.4, -0.2) is 20.6 Å². The van der Waals surface area contributed by atoms with Crippen molar-refractivity contribution in [2.24, 2.45) is 0 Å². The first kappa shape index (κ1) is 16.8. The summed E-state index contributed by atoms with van der Waals surface area (Å²) in [5, 5.41) is 3.88. The van der Waals surface area contributed by atoms with Gasteiger partial charge < -0.3 is 9.88 Å². The van der Waals surface area contributed by atoms with Gasteiger partial charge in [0.25, 0.3) is 5.91 Å². The molecule has 1 aromatic carbocycles. The van der Waals surface area contributed by atoms with Crippen LogP contribution in [0.2, 0.25) is 15.3 Å². The lowest BCUT2D eigenvalue weighted by Gasteiger charge is -2.12. The Bertz CT molecular complexity index is 706. The van der Waals surface area contributed by atoms with Gasteiger partial charge in [0.1, 0.15) is 11.7 Å². The Balaban J connectivity index is 1.82. The zero-order chi connectivity index (χ0) is 16.1. The fourth-order valence-corrected chi connectivity index (χ4v) is 2.14. The molecule has 0 unspecified atom stereocenters. The first-order valence-corrected chi connectivity index (χ1v) is 7.48. The summed E-state index contributed by atoms with van der Waals surface area (Å²) in [6, 6.07) is 7.08. The Morgan fingerprint density at radius 2 is 1.95 bits per heavy atom. The van der Waals surface area contributed by atoms with Crippen molar-refractivity contribution >= 4 is 63.7 Å². The van der Waals surface area contributed by atoms with Crippen molar-refractivity contribution in [3.8, 4) is 0 Å². The highest BCUT2D eigenvalue weighted by Crippen LogP contribution is 2.20. The number of carbonyl (C=O) groups excluding carboxylic acids is 1. The van der Waals surface area contributed by atoms with Gasteiger partial charge in [-0.15, -0.1) is 0 Å². The SMILES string of the molecule is O=C(Cn1cnc(Cl)c1Cl)NNC(=S)Nc1ccccc1Cl. The third kappa shape index (κ3) is 4.48. The molecule has 0 bridgehead atoms. The molecule has 0 saturated heterocycles. The molecule has 0 spiro atoms. The van der Waals surface area contributed by atoms with Crippen LogP contribution in [0.4, 0.5) is 5.69 Å². The van der Waals surface area contributed by atoms with Gasteiger partial charge in [0.05, 0.1) is 17.0 Å². The van der Waals surface area contributed by atoms with Crippen LogP contribution in [0.5, 0.6) is 0 Å². The number of thiocarbonyl (C=S) groups is 1. The minimum atomic E-state index is -0.376. The van der Waals surface area contributed by atoms with Crippen molar-refractivity contribution in [2.75, 3.05) is 5.32 Å². The maximum Gasteiger partial charge on any atom is 0.258 e. The lowest BCUT2D eigenvalue weighted by molar-refractivity contribution is -0.122. The standard InChI is InChI=1S/C12H10Cl3N5OS/c13-7-3-1-2-4-8(7)17-12(22)19-18-9(21)5-20-6-16-10(14)11(20)15/h1-4,6H,5H2,(H,18,21)(H2,17,19,22). The van der Waals surface area contributed by atoms with E-state index in [9.17, 15) is 4.79 Å². The molecular formula is C12H10Cl3N5OS. The average molecular weight is 379 g/mol. The maximum atomic E-state index is 11.8. The first-order chi connectivity index (χ1) is 10.5. The Morgan fingerprint density at radius 1 is 1.23 bits per heavy atom. The van der Waals surface area contributed by atoms with Crippen LogP contribution in [-0.2, 0) is 11.3 Å². The van der Waals surface area contributed by atoms with Crippen LogP contribution < -0.4 is 16.2 Å². The van der Waals surface area contributed by atoms with E-state index in [2.05, 4.69) is 21.2 Å². The number of hydrogen-bond donors (Lipinski definition) is 3. The number of imidazole rings is 1. The number of anilines is 1. The van der Waals surface area contributed by atoms with Gasteiger partial charge in [-0.2, -0.15) is 0 Å². The Morgan fingerprint density at radius 3 is 2.59 bits per heavy atom.